The van der Waals surface area contributed by atoms with Gasteiger partial charge in [-0.25, -0.2) is 4.39 Å². The van der Waals surface area contributed by atoms with E-state index in [2.05, 4.69) is 4.74 Å². The highest BCUT2D eigenvalue weighted by atomic mass is 19.4. The Morgan fingerprint density at radius 2 is 1.93 bits per heavy atom. The summed E-state index contributed by atoms with van der Waals surface area (Å²) >= 11 is 0. The number of benzene rings is 1. The van der Waals surface area contributed by atoms with Crippen LogP contribution in [-0.4, -0.2) is 12.6 Å². The highest BCUT2D eigenvalue weighted by Crippen LogP contribution is 2.30. The molecule has 3 nitrogen and oxygen atoms in total. The minimum absolute atomic E-state index is 0.000509. The molecule has 0 bridgehead atoms. The highest BCUT2D eigenvalue weighted by Gasteiger charge is 2.32. The van der Waals surface area contributed by atoms with E-state index in [-0.39, 0.29) is 6.29 Å². The van der Waals surface area contributed by atoms with Crippen molar-refractivity contribution in [2.75, 3.05) is 5.73 Å². The number of halogens is 4. The van der Waals surface area contributed by atoms with Gasteiger partial charge in [0.2, 0.25) is 0 Å². The van der Waals surface area contributed by atoms with Gasteiger partial charge in [-0.15, -0.1) is 13.2 Å². The molecule has 0 radical (unpaired) electrons. The fourth-order valence-electron chi connectivity index (χ4n) is 0.925. The number of anilines is 1. The van der Waals surface area contributed by atoms with Gasteiger partial charge < -0.3 is 10.5 Å². The molecule has 0 saturated heterocycles. The average Bonchev–Trinajstić information content (AvgIpc) is 2.10. The van der Waals surface area contributed by atoms with Crippen molar-refractivity contribution in [2.45, 2.75) is 6.36 Å². The standard InChI is InChI=1S/C8H5F4NO2/c9-5-1-2-6(15-8(10,11)12)4(3-14)7(5)13/h1-3H,13H2. The van der Waals surface area contributed by atoms with Gasteiger partial charge in [0, 0.05) is 0 Å². The molecule has 0 aliphatic heterocycles. The third-order valence-electron chi connectivity index (χ3n) is 1.54. The van der Waals surface area contributed by atoms with Gasteiger partial charge in [0.15, 0.2) is 6.29 Å². The first-order valence-corrected chi connectivity index (χ1v) is 3.64. The van der Waals surface area contributed by atoms with E-state index in [9.17, 15) is 22.4 Å². The van der Waals surface area contributed by atoms with Crippen LogP contribution < -0.4 is 10.5 Å². The van der Waals surface area contributed by atoms with E-state index in [0.29, 0.717) is 12.1 Å². The number of carbonyl (C=O) groups is 1. The number of hydrogen-bond donors (Lipinski definition) is 1. The molecule has 0 unspecified atom stereocenters. The molecule has 0 aliphatic carbocycles. The SMILES string of the molecule is Nc1c(F)ccc(OC(F)(F)F)c1C=O. The summed E-state index contributed by atoms with van der Waals surface area (Å²) < 4.78 is 51.7. The minimum atomic E-state index is -4.96. The van der Waals surface area contributed by atoms with Crippen molar-refractivity contribution in [1.82, 2.24) is 0 Å². The predicted molar refractivity (Wildman–Crippen MR) is 42.9 cm³/mol. The van der Waals surface area contributed by atoms with Crippen molar-refractivity contribution in [1.29, 1.82) is 0 Å². The second-order valence-corrected chi connectivity index (χ2v) is 2.54. The number of nitrogen functional groups attached to an aromatic ring is 1. The Kier molecular flexibility index (Phi) is 2.83. The van der Waals surface area contributed by atoms with Gasteiger partial charge in [-0.2, -0.15) is 0 Å². The van der Waals surface area contributed by atoms with Gasteiger partial charge in [-0.1, -0.05) is 0 Å². The van der Waals surface area contributed by atoms with Crippen LogP contribution >= 0.6 is 0 Å². The number of rotatable bonds is 2. The molecule has 0 atom stereocenters. The van der Waals surface area contributed by atoms with Crippen molar-refractivity contribution in [3.8, 4) is 5.75 Å². The summed E-state index contributed by atoms with van der Waals surface area (Å²) in [6, 6.07) is 1.37. The molecule has 0 aromatic heterocycles. The van der Waals surface area contributed by atoms with Gasteiger partial charge in [-0.3, -0.25) is 4.79 Å². The number of alkyl halides is 3. The average molecular weight is 223 g/mol. The molecule has 0 aliphatic rings. The first-order chi connectivity index (χ1) is 6.85. The lowest BCUT2D eigenvalue weighted by molar-refractivity contribution is -0.274. The largest absolute Gasteiger partial charge is 0.573 e. The van der Waals surface area contributed by atoms with Crippen LogP contribution in [0.5, 0.6) is 5.75 Å². The minimum Gasteiger partial charge on any atom is -0.405 e. The molecule has 7 heteroatoms. The van der Waals surface area contributed by atoms with E-state index >= 15 is 0 Å². The lowest BCUT2D eigenvalue weighted by atomic mass is 10.1. The fourth-order valence-corrected chi connectivity index (χ4v) is 0.925. The molecular weight excluding hydrogens is 218 g/mol. The molecule has 1 aromatic carbocycles. The van der Waals surface area contributed by atoms with E-state index in [0.717, 1.165) is 0 Å². The first-order valence-electron chi connectivity index (χ1n) is 3.64. The maximum absolute atomic E-state index is 12.8. The highest BCUT2D eigenvalue weighted by molar-refractivity contribution is 5.87. The molecular formula is C8H5F4NO2. The first kappa shape index (κ1) is 11.3. The topological polar surface area (TPSA) is 52.3 Å². The van der Waals surface area contributed by atoms with Crippen LogP contribution in [0.3, 0.4) is 0 Å². The van der Waals surface area contributed by atoms with Crippen molar-refractivity contribution >= 4 is 12.0 Å². The third-order valence-corrected chi connectivity index (χ3v) is 1.54. The Bertz CT molecular complexity index is 389. The summed E-state index contributed by atoms with van der Waals surface area (Å²) in [7, 11) is 0. The van der Waals surface area contributed by atoms with Gasteiger partial charge in [0.05, 0.1) is 11.3 Å². The Morgan fingerprint density at radius 1 is 1.33 bits per heavy atom. The third kappa shape index (κ3) is 2.58. The van der Waals surface area contributed by atoms with E-state index < -0.39 is 29.2 Å². The number of nitrogens with two attached hydrogens (primary N) is 1. The van der Waals surface area contributed by atoms with Crippen molar-refractivity contribution in [3.05, 3.63) is 23.5 Å². The normalized spacial score (nSPS) is 11.2. The lowest BCUT2D eigenvalue weighted by Crippen LogP contribution is -2.18. The molecule has 2 N–H and O–H groups in total. The number of ether oxygens (including phenoxy) is 1. The van der Waals surface area contributed by atoms with Crippen molar-refractivity contribution in [3.63, 3.8) is 0 Å². The zero-order chi connectivity index (χ0) is 11.6. The van der Waals surface area contributed by atoms with Gasteiger partial charge >= 0.3 is 6.36 Å². The van der Waals surface area contributed by atoms with Crippen LogP contribution in [0, 0.1) is 5.82 Å². The Balaban J connectivity index is 3.19. The van der Waals surface area contributed by atoms with Crippen molar-refractivity contribution < 1.29 is 27.1 Å². The lowest BCUT2D eigenvalue weighted by Gasteiger charge is -2.11. The van der Waals surface area contributed by atoms with Crippen LogP contribution in [0.25, 0.3) is 0 Å². The Hall–Kier alpha value is -1.79. The molecule has 0 saturated carbocycles. The maximum Gasteiger partial charge on any atom is 0.573 e. The molecule has 15 heavy (non-hydrogen) atoms. The summed E-state index contributed by atoms with van der Waals surface area (Å²) in [5.41, 5.74) is 3.72. The monoisotopic (exact) mass is 223 g/mol. The van der Waals surface area contributed by atoms with Crippen LogP contribution in [0.2, 0.25) is 0 Å². The van der Waals surface area contributed by atoms with Crippen LogP contribution in [0.1, 0.15) is 10.4 Å². The molecule has 0 amide bonds. The molecule has 82 valence electrons. The predicted octanol–water partition coefficient (Wildman–Crippen LogP) is 2.12. The summed E-state index contributed by atoms with van der Waals surface area (Å²) in [6.45, 7) is 0. The number of aldehydes is 1. The zero-order valence-electron chi connectivity index (χ0n) is 7.14. The van der Waals surface area contributed by atoms with Gasteiger partial charge in [0.1, 0.15) is 11.6 Å². The quantitative estimate of drug-likeness (QED) is 0.474. The summed E-state index contributed by atoms with van der Waals surface area (Å²) in [6.07, 6.45) is -4.96. The molecule has 1 aromatic rings. The van der Waals surface area contributed by atoms with Gasteiger partial charge in [-0.05, 0) is 12.1 Å². The van der Waals surface area contributed by atoms with Gasteiger partial charge in [0.25, 0.3) is 0 Å². The van der Waals surface area contributed by atoms with E-state index in [1.807, 2.05) is 0 Å². The Labute approximate surface area is 81.4 Å². The van der Waals surface area contributed by atoms with E-state index in [1.165, 1.54) is 0 Å². The van der Waals surface area contributed by atoms with Crippen molar-refractivity contribution in [2.24, 2.45) is 0 Å². The second kappa shape index (κ2) is 3.76. The zero-order valence-corrected chi connectivity index (χ0v) is 7.14. The molecule has 0 heterocycles. The summed E-state index contributed by atoms with van der Waals surface area (Å²) in [5, 5.41) is 0. The van der Waals surface area contributed by atoms with Crippen LogP contribution in [0.4, 0.5) is 23.2 Å². The van der Waals surface area contributed by atoms with Crippen LogP contribution in [0.15, 0.2) is 12.1 Å². The summed E-state index contributed by atoms with van der Waals surface area (Å²) in [5.74, 6) is -1.80. The molecule has 0 spiro atoms. The van der Waals surface area contributed by atoms with E-state index in [4.69, 9.17) is 5.73 Å². The van der Waals surface area contributed by atoms with E-state index in [1.54, 1.807) is 0 Å². The number of carbonyl (C=O) groups excluding carboxylic acids is 1. The number of hydrogen-bond acceptors (Lipinski definition) is 3. The molecule has 0 fully saturated rings. The van der Waals surface area contributed by atoms with Crippen LogP contribution in [-0.2, 0) is 0 Å². The second-order valence-electron chi connectivity index (χ2n) is 2.54. The Morgan fingerprint density at radius 3 is 2.40 bits per heavy atom. The molecule has 1 rings (SSSR count). The summed E-state index contributed by atoms with van der Waals surface area (Å²) in [4.78, 5) is 10.4. The fraction of sp³-hybridized carbons (Fsp3) is 0.125. The smallest absolute Gasteiger partial charge is 0.405 e. The maximum atomic E-state index is 12.8.